The van der Waals surface area contributed by atoms with E-state index in [1.807, 2.05) is 6.92 Å². The number of hydrogen-bond acceptors (Lipinski definition) is 0. The quantitative estimate of drug-likeness (QED) is 0.701. The highest BCUT2D eigenvalue weighted by atomic mass is 79.9. The second-order valence-electron chi connectivity index (χ2n) is 2.76. The molecule has 0 heterocycles. The van der Waals surface area contributed by atoms with Crippen molar-refractivity contribution in [2.45, 2.75) is 6.92 Å². The number of benzene rings is 1. The topological polar surface area (TPSA) is 0 Å². The predicted octanol–water partition coefficient (Wildman–Crippen LogP) is 4.23. The van der Waals surface area contributed by atoms with Crippen LogP contribution in [-0.2, 0) is 0 Å². The Labute approximate surface area is 90.5 Å². The molecule has 0 saturated carbocycles. The van der Waals surface area contributed by atoms with E-state index in [2.05, 4.69) is 15.9 Å². The molecular formula is C10H9BrClF. The summed E-state index contributed by atoms with van der Waals surface area (Å²) in [6, 6.07) is 4.89. The SMILES string of the molecule is C/C(=C/c1c(F)cccc1Br)CCl. The third-order valence-electron chi connectivity index (χ3n) is 1.60. The molecule has 0 saturated heterocycles. The molecule has 1 aromatic rings. The zero-order chi connectivity index (χ0) is 9.84. The summed E-state index contributed by atoms with van der Waals surface area (Å²) in [7, 11) is 0. The van der Waals surface area contributed by atoms with Gasteiger partial charge in [0.15, 0.2) is 0 Å². The molecule has 70 valence electrons. The fourth-order valence-electron chi connectivity index (χ4n) is 0.934. The van der Waals surface area contributed by atoms with E-state index in [0.717, 1.165) is 10.0 Å². The van der Waals surface area contributed by atoms with E-state index < -0.39 is 0 Å². The molecule has 0 spiro atoms. The highest BCUT2D eigenvalue weighted by Crippen LogP contribution is 2.22. The minimum atomic E-state index is -0.237. The van der Waals surface area contributed by atoms with Crippen LogP contribution in [0.25, 0.3) is 6.08 Å². The van der Waals surface area contributed by atoms with E-state index in [-0.39, 0.29) is 5.82 Å². The molecule has 0 aromatic heterocycles. The minimum Gasteiger partial charge on any atom is -0.206 e. The molecular weight excluding hydrogens is 254 g/mol. The Morgan fingerprint density at radius 3 is 2.85 bits per heavy atom. The molecule has 1 aromatic carbocycles. The van der Waals surface area contributed by atoms with Gasteiger partial charge in [-0.2, -0.15) is 0 Å². The first-order chi connectivity index (χ1) is 6.15. The summed E-state index contributed by atoms with van der Waals surface area (Å²) >= 11 is 8.88. The Morgan fingerprint density at radius 2 is 2.31 bits per heavy atom. The van der Waals surface area contributed by atoms with E-state index in [1.165, 1.54) is 6.07 Å². The van der Waals surface area contributed by atoms with Gasteiger partial charge in [0.2, 0.25) is 0 Å². The van der Waals surface area contributed by atoms with Crippen molar-refractivity contribution in [3.05, 3.63) is 39.6 Å². The van der Waals surface area contributed by atoms with E-state index >= 15 is 0 Å². The molecule has 0 nitrogen and oxygen atoms in total. The number of halogens is 3. The summed E-state index contributed by atoms with van der Waals surface area (Å²) in [5.74, 6) is 0.180. The maximum atomic E-state index is 13.2. The predicted molar refractivity (Wildman–Crippen MR) is 58.5 cm³/mol. The van der Waals surface area contributed by atoms with Crippen LogP contribution < -0.4 is 0 Å². The van der Waals surface area contributed by atoms with Crippen molar-refractivity contribution >= 4 is 33.6 Å². The molecule has 0 fully saturated rings. The molecule has 1 rings (SSSR count). The van der Waals surface area contributed by atoms with Gasteiger partial charge in [-0.25, -0.2) is 4.39 Å². The molecule has 0 atom stereocenters. The normalized spacial score (nSPS) is 11.8. The molecule has 0 unspecified atom stereocenters. The lowest BCUT2D eigenvalue weighted by Gasteiger charge is -2.01. The Balaban J connectivity index is 3.14. The first-order valence-corrected chi connectivity index (χ1v) is 5.15. The summed E-state index contributed by atoms with van der Waals surface area (Å²) in [5, 5.41) is 0. The van der Waals surface area contributed by atoms with E-state index in [0.29, 0.717) is 11.4 Å². The first-order valence-electron chi connectivity index (χ1n) is 3.82. The average Bonchev–Trinajstić information content (AvgIpc) is 2.11. The third-order valence-corrected chi connectivity index (χ3v) is 2.71. The maximum Gasteiger partial charge on any atom is 0.131 e. The fourth-order valence-corrected chi connectivity index (χ4v) is 1.47. The van der Waals surface area contributed by atoms with Crippen molar-refractivity contribution in [2.75, 3.05) is 5.88 Å². The van der Waals surface area contributed by atoms with E-state index in [4.69, 9.17) is 11.6 Å². The van der Waals surface area contributed by atoms with Crippen molar-refractivity contribution in [2.24, 2.45) is 0 Å². The molecule has 0 bridgehead atoms. The second-order valence-corrected chi connectivity index (χ2v) is 3.88. The summed E-state index contributed by atoms with van der Waals surface area (Å²) in [6.45, 7) is 1.87. The molecule has 0 radical (unpaired) electrons. The Kier molecular flexibility index (Phi) is 3.94. The van der Waals surface area contributed by atoms with Crippen molar-refractivity contribution in [1.82, 2.24) is 0 Å². The molecule has 0 aliphatic carbocycles. The van der Waals surface area contributed by atoms with Gasteiger partial charge in [0.05, 0.1) is 0 Å². The average molecular weight is 264 g/mol. The van der Waals surface area contributed by atoms with E-state index in [1.54, 1.807) is 18.2 Å². The van der Waals surface area contributed by atoms with Gasteiger partial charge in [-0.3, -0.25) is 0 Å². The van der Waals surface area contributed by atoms with Crippen LogP contribution in [0.4, 0.5) is 4.39 Å². The number of allylic oxidation sites excluding steroid dienone is 1. The zero-order valence-corrected chi connectivity index (χ0v) is 9.49. The second kappa shape index (κ2) is 4.77. The Hall–Kier alpha value is -0.340. The van der Waals surface area contributed by atoms with Crippen LogP contribution in [0.2, 0.25) is 0 Å². The van der Waals surface area contributed by atoms with E-state index in [9.17, 15) is 4.39 Å². The lowest BCUT2D eigenvalue weighted by atomic mass is 10.1. The molecule has 13 heavy (non-hydrogen) atoms. The minimum absolute atomic E-state index is 0.237. The monoisotopic (exact) mass is 262 g/mol. The van der Waals surface area contributed by atoms with Crippen LogP contribution in [0.15, 0.2) is 28.2 Å². The van der Waals surface area contributed by atoms with Gasteiger partial charge in [-0.05, 0) is 19.1 Å². The zero-order valence-electron chi connectivity index (χ0n) is 7.15. The highest BCUT2D eigenvalue weighted by molar-refractivity contribution is 9.10. The number of hydrogen-bond donors (Lipinski definition) is 0. The first kappa shape index (κ1) is 10.7. The molecule has 0 amide bonds. The molecule has 0 aliphatic heterocycles. The molecule has 3 heteroatoms. The standard InChI is InChI=1S/C10H9BrClF/c1-7(6-12)5-8-9(11)3-2-4-10(8)13/h2-5H,6H2,1H3/b7-5-. The summed E-state index contributed by atoms with van der Waals surface area (Å²) in [5.41, 5.74) is 1.49. The van der Waals surface area contributed by atoms with Gasteiger partial charge in [0, 0.05) is 15.9 Å². The van der Waals surface area contributed by atoms with Crippen LogP contribution >= 0.6 is 27.5 Å². The summed E-state index contributed by atoms with van der Waals surface area (Å²) in [4.78, 5) is 0. The lowest BCUT2D eigenvalue weighted by Crippen LogP contribution is -1.85. The van der Waals surface area contributed by atoms with Crippen LogP contribution in [-0.4, -0.2) is 5.88 Å². The van der Waals surface area contributed by atoms with Gasteiger partial charge >= 0.3 is 0 Å². The fraction of sp³-hybridized carbons (Fsp3) is 0.200. The van der Waals surface area contributed by atoms with Crippen molar-refractivity contribution in [3.63, 3.8) is 0 Å². The summed E-state index contributed by atoms with van der Waals surface area (Å²) < 4.78 is 14.0. The van der Waals surface area contributed by atoms with Gasteiger partial charge in [-0.15, -0.1) is 11.6 Å². The maximum absolute atomic E-state index is 13.2. The van der Waals surface area contributed by atoms with Crippen LogP contribution in [0, 0.1) is 5.82 Å². The Bertz CT molecular complexity index is 313. The van der Waals surface area contributed by atoms with Crippen LogP contribution in [0.1, 0.15) is 12.5 Å². The van der Waals surface area contributed by atoms with Gasteiger partial charge < -0.3 is 0 Å². The lowest BCUT2D eigenvalue weighted by molar-refractivity contribution is 0.624. The van der Waals surface area contributed by atoms with Crippen LogP contribution in [0.3, 0.4) is 0 Å². The summed E-state index contributed by atoms with van der Waals surface area (Å²) in [6.07, 6.45) is 1.74. The number of rotatable bonds is 2. The van der Waals surface area contributed by atoms with Gasteiger partial charge in [0.1, 0.15) is 5.82 Å². The third kappa shape index (κ3) is 2.82. The largest absolute Gasteiger partial charge is 0.206 e. The van der Waals surface area contributed by atoms with Crippen molar-refractivity contribution in [1.29, 1.82) is 0 Å². The van der Waals surface area contributed by atoms with Gasteiger partial charge in [-0.1, -0.05) is 33.6 Å². The van der Waals surface area contributed by atoms with Gasteiger partial charge in [0.25, 0.3) is 0 Å². The van der Waals surface area contributed by atoms with Crippen LogP contribution in [0.5, 0.6) is 0 Å². The highest BCUT2D eigenvalue weighted by Gasteiger charge is 2.02. The smallest absolute Gasteiger partial charge is 0.131 e. The Morgan fingerprint density at radius 1 is 1.62 bits per heavy atom. The molecule has 0 N–H and O–H groups in total. The van der Waals surface area contributed by atoms with Crippen molar-refractivity contribution in [3.8, 4) is 0 Å². The van der Waals surface area contributed by atoms with Crippen molar-refractivity contribution < 1.29 is 4.39 Å². The number of alkyl halides is 1. The molecule has 0 aliphatic rings.